The standard InChI is InChI=1S/C16H18N2O2S/c19-15(20)11-21-16-17-13-8-4-5-9-14(13)18(16)10-12-6-2-1-3-7-12/h1-2,4-5,8-9,12H,3,6-7,10-11H2,(H,19,20). The quantitative estimate of drug-likeness (QED) is 0.677. The molecule has 1 N–H and O–H groups in total. The van der Waals surface area contributed by atoms with Crippen LogP contribution in [0.15, 0.2) is 41.6 Å². The number of nitrogens with zero attached hydrogens (tertiary/aromatic N) is 2. The molecule has 1 aromatic carbocycles. The maximum Gasteiger partial charge on any atom is 0.313 e. The first-order valence-electron chi connectivity index (χ1n) is 7.19. The van der Waals surface area contributed by atoms with Gasteiger partial charge in [0.05, 0.1) is 16.8 Å². The number of aliphatic carboxylic acids is 1. The van der Waals surface area contributed by atoms with Crippen molar-refractivity contribution in [3.63, 3.8) is 0 Å². The summed E-state index contributed by atoms with van der Waals surface area (Å²) in [5.41, 5.74) is 2.04. The van der Waals surface area contributed by atoms with Crippen molar-refractivity contribution >= 4 is 28.8 Å². The Bertz CT molecular complexity index is 678. The third-order valence-electron chi connectivity index (χ3n) is 3.76. The molecule has 21 heavy (non-hydrogen) atoms. The number of rotatable bonds is 5. The molecule has 0 bridgehead atoms. The normalized spacial score (nSPS) is 18.2. The predicted molar refractivity (Wildman–Crippen MR) is 84.6 cm³/mol. The molecule has 5 heteroatoms. The molecule has 0 radical (unpaired) electrons. The van der Waals surface area contributed by atoms with Crippen LogP contribution in [0.4, 0.5) is 0 Å². The van der Waals surface area contributed by atoms with Crippen LogP contribution in [0.3, 0.4) is 0 Å². The van der Waals surface area contributed by atoms with Gasteiger partial charge in [-0.25, -0.2) is 4.98 Å². The molecule has 0 saturated carbocycles. The molecule has 1 heterocycles. The summed E-state index contributed by atoms with van der Waals surface area (Å²) < 4.78 is 2.19. The van der Waals surface area contributed by atoms with Gasteiger partial charge in [0.2, 0.25) is 0 Å². The lowest BCUT2D eigenvalue weighted by atomic mass is 9.94. The van der Waals surface area contributed by atoms with E-state index in [4.69, 9.17) is 5.11 Å². The summed E-state index contributed by atoms with van der Waals surface area (Å²) in [5, 5.41) is 9.71. The number of para-hydroxylation sites is 2. The minimum Gasteiger partial charge on any atom is -0.481 e. The van der Waals surface area contributed by atoms with E-state index in [1.54, 1.807) is 0 Å². The number of carbonyl (C=O) groups is 1. The molecule has 2 aromatic rings. The van der Waals surface area contributed by atoms with Gasteiger partial charge in [-0.2, -0.15) is 0 Å². The fourth-order valence-corrected chi connectivity index (χ4v) is 3.49. The summed E-state index contributed by atoms with van der Waals surface area (Å²) in [5.74, 6) is -0.149. The Labute approximate surface area is 127 Å². The van der Waals surface area contributed by atoms with Gasteiger partial charge in [0.15, 0.2) is 5.16 Å². The van der Waals surface area contributed by atoms with Crippen molar-refractivity contribution in [2.75, 3.05) is 5.75 Å². The minimum absolute atomic E-state index is 0.0495. The van der Waals surface area contributed by atoms with Gasteiger partial charge in [-0.05, 0) is 37.3 Å². The van der Waals surface area contributed by atoms with E-state index in [-0.39, 0.29) is 5.75 Å². The van der Waals surface area contributed by atoms with Crippen molar-refractivity contribution in [3.05, 3.63) is 36.4 Å². The van der Waals surface area contributed by atoms with Gasteiger partial charge in [0.1, 0.15) is 0 Å². The van der Waals surface area contributed by atoms with Crippen LogP contribution in [0, 0.1) is 5.92 Å². The zero-order valence-electron chi connectivity index (χ0n) is 11.7. The average Bonchev–Trinajstić information content (AvgIpc) is 2.84. The minimum atomic E-state index is -0.806. The lowest BCUT2D eigenvalue weighted by molar-refractivity contribution is -0.133. The summed E-state index contributed by atoms with van der Waals surface area (Å²) in [7, 11) is 0. The molecular weight excluding hydrogens is 284 g/mol. The number of fused-ring (bicyclic) bond motifs is 1. The van der Waals surface area contributed by atoms with Gasteiger partial charge in [-0.1, -0.05) is 36.0 Å². The highest BCUT2D eigenvalue weighted by Crippen LogP contribution is 2.28. The maximum absolute atomic E-state index is 10.8. The molecule has 1 atom stereocenters. The number of aromatic nitrogens is 2. The molecule has 0 spiro atoms. The highest BCUT2D eigenvalue weighted by atomic mass is 32.2. The second-order valence-corrected chi connectivity index (χ2v) is 6.27. The van der Waals surface area contributed by atoms with Crippen LogP contribution < -0.4 is 0 Å². The number of imidazole rings is 1. The lowest BCUT2D eigenvalue weighted by Gasteiger charge is -2.19. The van der Waals surface area contributed by atoms with E-state index >= 15 is 0 Å². The first kappa shape index (κ1) is 14.2. The molecule has 110 valence electrons. The van der Waals surface area contributed by atoms with Gasteiger partial charge in [0, 0.05) is 6.54 Å². The van der Waals surface area contributed by atoms with E-state index in [2.05, 4.69) is 27.8 Å². The van der Waals surface area contributed by atoms with Gasteiger partial charge in [-0.15, -0.1) is 0 Å². The Balaban J connectivity index is 1.90. The topological polar surface area (TPSA) is 55.1 Å². The summed E-state index contributed by atoms with van der Waals surface area (Å²) in [6, 6.07) is 8.02. The van der Waals surface area contributed by atoms with Crippen LogP contribution in [0.5, 0.6) is 0 Å². The van der Waals surface area contributed by atoms with Crippen molar-refractivity contribution in [2.45, 2.75) is 31.0 Å². The summed E-state index contributed by atoms with van der Waals surface area (Å²) in [6.45, 7) is 0.910. The highest BCUT2D eigenvalue weighted by Gasteiger charge is 2.17. The molecule has 1 aliphatic rings. The van der Waals surface area contributed by atoms with E-state index < -0.39 is 5.97 Å². The number of hydrogen-bond acceptors (Lipinski definition) is 3. The molecule has 3 rings (SSSR count). The van der Waals surface area contributed by atoms with Crippen molar-refractivity contribution in [2.24, 2.45) is 5.92 Å². The monoisotopic (exact) mass is 302 g/mol. The van der Waals surface area contributed by atoms with Crippen LogP contribution in [0.1, 0.15) is 19.3 Å². The largest absolute Gasteiger partial charge is 0.481 e. The smallest absolute Gasteiger partial charge is 0.313 e. The fourth-order valence-electron chi connectivity index (χ4n) is 2.75. The Morgan fingerprint density at radius 2 is 2.24 bits per heavy atom. The van der Waals surface area contributed by atoms with Gasteiger partial charge in [0.25, 0.3) is 0 Å². The van der Waals surface area contributed by atoms with E-state index in [9.17, 15) is 4.79 Å². The molecule has 4 nitrogen and oxygen atoms in total. The van der Waals surface area contributed by atoms with Crippen LogP contribution in [0.25, 0.3) is 11.0 Å². The number of carboxylic acids is 1. The van der Waals surface area contributed by atoms with Crippen molar-refractivity contribution in [3.8, 4) is 0 Å². The molecular formula is C16H18N2O2S. The van der Waals surface area contributed by atoms with Gasteiger partial charge in [-0.3, -0.25) is 4.79 Å². The number of hydrogen-bond donors (Lipinski definition) is 1. The third-order valence-corrected chi connectivity index (χ3v) is 4.72. The van der Waals surface area contributed by atoms with Crippen LogP contribution >= 0.6 is 11.8 Å². The Morgan fingerprint density at radius 1 is 1.38 bits per heavy atom. The summed E-state index contributed by atoms with van der Waals surface area (Å²) in [4.78, 5) is 15.4. The fraction of sp³-hybridized carbons (Fsp3) is 0.375. The number of allylic oxidation sites excluding steroid dienone is 2. The first-order valence-corrected chi connectivity index (χ1v) is 8.17. The molecule has 1 unspecified atom stereocenters. The SMILES string of the molecule is O=C(O)CSc1nc2ccccc2n1CC1CC=CCC1. The van der Waals surface area contributed by atoms with Crippen LogP contribution in [-0.4, -0.2) is 26.4 Å². The zero-order valence-corrected chi connectivity index (χ0v) is 12.6. The van der Waals surface area contributed by atoms with Crippen molar-refractivity contribution < 1.29 is 9.90 Å². The number of thioether (sulfide) groups is 1. The molecule has 0 fully saturated rings. The van der Waals surface area contributed by atoms with Crippen molar-refractivity contribution in [1.29, 1.82) is 0 Å². The molecule has 0 saturated heterocycles. The van der Waals surface area contributed by atoms with E-state index in [0.717, 1.165) is 35.6 Å². The van der Waals surface area contributed by atoms with Crippen molar-refractivity contribution in [1.82, 2.24) is 9.55 Å². The Kier molecular flexibility index (Phi) is 4.29. The Hall–Kier alpha value is -1.75. The zero-order chi connectivity index (χ0) is 14.7. The number of carboxylic acid groups (broad SMARTS) is 1. The third kappa shape index (κ3) is 3.29. The molecule has 1 aromatic heterocycles. The number of benzene rings is 1. The summed E-state index contributed by atoms with van der Waals surface area (Å²) in [6.07, 6.45) is 7.90. The molecule has 0 aliphatic heterocycles. The second kappa shape index (κ2) is 6.35. The van der Waals surface area contributed by atoms with E-state index in [1.165, 1.54) is 18.2 Å². The average molecular weight is 302 g/mol. The Morgan fingerprint density at radius 3 is 3.00 bits per heavy atom. The maximum atomic E-state index is 10.8. The summed E-state index contributed by atoms with van der Waals surface area (Å²) >= 11 is 1.30. The predicted octanol–water partition coefficient (Wildman–Crippen LogP) is 3.57. The lowest BCUT2D eigenvalue weighted by Crippen LogP contribution is -2.13. The van der Waals surface area contributed by atoms with Crippen LogP contribution in [-0.2, 0) is 11.3 Å². The highest BCUT2D eigenvalue weighted by molar-refractivity contribution is 7.99. The molecule has 0 amide bonds. The van der Waals surface area contributed by atoms with Crippen LogP contribution in [0.2, 0.25) is 0 Å². The first-order chi connectivity index (χ1) is 10.2. The van der Waals surface area contributed by atoms with E-state index in [0.29, 0.717) is 5.92 Å². The van der Waals surface area contributed by atoms with Gasteiger partial charge < -0.3 is 9.67 Å². The van der Waals surface area contributed by atoms with E-state index in [1.807, 2.05) is 18.2 Å². The molecule has 1 aliphatic carbocycles. The van der Waals surface area contributed by atoms with Gasteiger partial charge >= 0.3 is 5.97 Å². The second-order valence-electron chi connectivity index (χ2n) is 5.33.